The molecule has 2 fully saturated rings. The topological polar surface area (TPSA) is 73.7 Å². The minimum absolute atomic E-state index is 0.0715. The number of aromatic hydroxyl groups is 1. The van der Waals surface area contributed by atoms with Crippen molar-refractivity contribution in [2.75, 3.05) is 26.2 Å². The summed E-state index contributed by atoms with van der Waals surface area (Å²) >= 11 is 0. The molecule has 3 aromatic rings. The van der Waals surface area contributed by atoms with E-state index in [1.807, 2.05) is 4.90 Å². The zero-order chi connectivity index (χ0) is 27.8. The summed E-state index contributed by atoms with van der Waals surface area (Å²) in [6, 6.07) is 13.0. The van der Waals surface area contributed by atoms with Crippen LogP contribution in [0.4, 0.5) is 13.2 Å². The molecule has 2 amide bonds. The SMILES string of the molecule is Cc1cc(C(=O)N2CCC3(CCCN(C(=O)c4cccnc4-c4cccc(C(F)(F)F)c4)C3)CC2)ccc1O. The molecule has 0 unspecified atom stereocenters. The highest BCUT2D eigenvalue weighted by Crippen LogP contribution is 2.41. The van der Waals surface area contributed by atoms with Gasteiger partial charge in [-0.05, 0) is 86.1 Å². The van der Waals surface area contributed by atoms with Gasteiger partial charge in [0.2, 0.25) is 0 Å². The molecule has 3 heterocycles. The molecule has 1 spiro atoms. The average Bonchev–Trinajstić information content (AvgIpc) is 2.94. The van der Waals surface area contributed by atoms with E-state index in [2.05, 4.69) is 4.98 Å². The summed E-state index contributed by atoms with van der Waals surface area (Å²) in [4.78, 5) is 34.7. The average molecular weight is 538 g/mol. The van der Waals surface area contributed by atoms with Crippen LogP contribution >= 0.6 is 0 Å². The fourth-order valence-electron chi connectivity index (χ4n) is 5.77. The first-order valence-electron chi connectivity index (χ1n) is 13.1. The number of halogens is 3. The van der Waals surface area contributed by atoms with Gasteiger partial charge in [-0.2, -0.15) is 13.2 Å². The number of benzene rings is 2. The molecule has 2 saturated heterocycles. The van der Waals surface area contributed by atoms with Crippen molar-refractivity contribution >= 4 is 11.8 Å². The lowest BCUT2D eigenvalue weighted by molar-refractivity contribution is -0.137. The Morgan fingerprint density at radius 2 is 1.69 bits per heavy atom. The number of nitrogens with zero attached hydrogens (tertiary/aromatic N) is 3. The molecule has 204 valence electrons. The van der Waals surface area contributed by atoms with E-state index in [1.54, 1.807) is 36.1 Å². The van der Waals surface area contributed by atoms with E-state index < -0.39 is 11.7 Å². The van der Waals surface area contributed by atoms with Gasteiger partial charge in [-0.25, -0.2) is 0 Å². The van der Waals surface area contributed by atoms with E-state index in [4.69, 9.17) is 0 Å². The maximum Gasteiger partial charge on any atom is 0.416 e. The van der Waals surface area contributed by atoms with Crippen LogP contribution in [0.2, 0.25) is 0 Å². The van der Waals surface area contributed by atoms with Crippen molar-refractivity contribution in [1.29, 1.82) is 0 Å². The minimum Gasteiger partial charge on any atom is -0.508 e. The summed E-state index contributed by atoms with van der Waals surface area (Å²) in [5.74, 6) is -0.161. The summed E-state index contributed by atoms with van der Waals surface area (Å²) in [6.45, 7) is 3.99. The second-order valence-electron chi connectivity index (χ2n) is 10.6. The van der Waals surface area contributed by atoms with Crippen molar-refractivity contribution in [3.05, 3.63) is 83.0 Å². The summed E-state index contributed by atoms with van der Waals surface area (Å²) in [5.41, 5.74) is 1.05. The highest BCUT2D eigenvalue weighted by molar-refractivity contribution is 6.00. The van der Waals surface area contributed by atoms with Gasteiger partial charge in [0.15, 0.2) is 0 Å². The predicted octanol–water partition coefficient (Wildman–Crippen LogP) is 5.94. The van der Waals surface area contributed by atoms with Crippen LogP contribution in [0, 0.1) is 12.3 Å². The van der Waals surface area contributed by atoms with Crippen LogP contribution in [0.25, 0.3) is 11.3 Å². The van der Waals surface area contributed by atoms with Crippen LogP contribution < -0.4 is 0 Å². The standard InChI is InChI=1S/C30H30F3N3O3/c1-20-17-22(8-9-25(20)37)27(38)35-15-11-29(12-16-35)10-4-14-36(19-29)28(39)24-7-3-13-34-26(24)21-5-2-6-23(18-21)30(31,32)33/h2-3,5-9,13,17-18,37H,4,10-12,14-16,19H2,1H3. The van der Waals surface area contributed by atoms with E-state index in [-0.39, 0.29) is 39.8 Å². The van der Waals surface area contributed by atoms with Gasteiger partial charge in [0.1, 0.15) is 5.75 Å². The van der Waals surface area contributed by atoms with E-state index in [9.17, 15) is 27.9 Å². The lowest BCUT2D eigenvalue weighted by Gasteiger charge is -2.47. The summed E-state index contributed by atoms with van der Waals surface area (Å²) in [6.07, 6.45) is 0.263. The van der Waals surface area contributed by atoms with E-state index in [0.717, 1.165) is 37.8 Å². The van der Waals surface area contributed by atoms with Crippen LogP contribution in [0.1, 0.15) is 57.5 Å². The number of phenols is 1. The number of hydrogen-bond donors (Lipinski definition) is 1. The number of hydrogen-bond acceptors (Lipinski definition) is 4. The predicted molar refractivity (Wildman–Crippen MR) is 140 cm³/mol. The highest BCUT2D eigenvalue weighted by atomic mass is 19.4. The van der Waals surface area contributed by atoms with Gasteiger partial charge in [0, 0.05) is 43.5 Å². The van der Waals surface area contributed by atoms with E-state index in [0.29, 0.717) is 37.3 Å². The Balaban J connectivity index is 1.31. The van der Waals surface area contributed by atoms with Gasteiger partial charge in [-0.15, -0.1) is 0 Å². The smallest absolute Gasteiger partial charge is 0.416 e. The molecule has 9 heteroatoms. The number of aromatic nitrogens is 1. The molecule has 2 aromatic carbocycles. The van der Waals surface area contributed by atoms with E-state index >= 15 is 0 Å². The largest absolute Gasteiger partial charge is 0.508 e. The number of alkyl halides is 3. The molecule has 39 heavy (non-hydrogen) atoms. The third-order valence-corrected chi connectivity index (χ3v) is 8.01. The Hall–Kier alpha value is -3.88. The van der Waals surface area contributed by atoms with Crippen molar-refractivity contribution < 1.29 is 27.9 Å². The lowest BCUT2D eigenvalue weighted by Crippen LogP contribution is -2.52. The Kier molecular flexibility index (Phi) is 7.09. The number of rotatable bonds is 3. The van der Waals surface area contributed by atoms with Crippen LogP contribution in [0.5, 0.6) is 5.75 Å². The third-order valence-electron chi connectivity index (χ3n) is 8.01. The van der Waals surface area contributed by atoms with Crippen LogP contribution in [0.3, 0.4) is 0 Å². The number of pyridine rings is 1. The number of amides is 2. The van der Waals surface area contributed by atoms with Gasteiger partial charge in [-0.3, -0.25) is 14.6 Å². The summed E-state index contributed by atoms with van der Waals surface area (Å²) in [5, 5.41) is 9.77. The Labute approximate surface area is 225 Å². The maximum absolute atomic E-state index is 13.7. The second kappa shape index (κ2) is 10.4. The molecule has 0 radical (unpaired) electrons. The quantitative estimate of drug-likeness (QED) is 0.449. The Bertz CT molecular complexity index is 1400. The van der Waals surface area contributed by atoms with Crippen LogP contribution in [0.15, 0.2) is 60.8 Å². The molecule has 1 aromatic heterocycles. The number of aryl methyl sites for hydroxylation is 1. The summed E-state index contributed by atoms with van der Waals surface area (Å²) < 4.78 is 39.9. The fraction of sp³-hybridized carbons (Fsp3) is 0.367. The Morgan fingerprint density at radius 3 is 2.41 bits per heavy atom. The maximum atomic E-state index is 13.7. The van der Waals surface area contributed by atoms with Gasteiger partial charge in [-0.1, -0.05) is 12.1 Å². The monoisotopic (exact) mass is 537 g/mol. The molecule has 5 rings (SSSR count). The molecule has 0 atom stereocenters. The van der Waals surface area contributed by atoms with Crippen LogP contribution in [-0.4, -0.2) is 57.9 Å². The van der Waals surface area contributed by atoms with Gasteiger partial charge < -0.3 is 14.9 Å². The van der Waals surface area contributed by atoms with Gasteiger partial charge >= 0.3 is 6.18 Å². The normalized spacial score (nSPS) is 17.3. The number of carbonyl (C=O) groups excluding carboxylic acids is 2. The first-order chi connectivity index (χ1) is 18.6. The molecule has 2 aliphatic heterocycles. The zero-order valence-corrected chi connectivity index (χ0v) is 21.7. The number of piperidine rings is 2. The van der Waals surface area contributed by atoms with Crippen LogP contribution in [-0.2, 0) is 6.18 Å². The molecular formula is C30H30F3N3O3. The molecule has 1 N–H and O–H groups in total. The number of phenolic OH excluding ortho intramolecular Hbond substituents is 1. The van der Waals surface area contributed by atoms with Crippen molar-refractivity contribution in [2.45, 2.75) is 38.8 Å². The minimum atomic E-state index is -4.49. The molecule has 2 aliphatic rings. The third kappa shape index (κ3) is 5.48. The van der Waals surface area contributed by atoms with Crippen molar-refractivity contribution in [3.8, 4) is 17.0 Å². The highest BCUT2D eigenvalue weighted by Gasteiger charge is 2.41. The second-order valence-corrected chi connectivity index (χ2v) is 10.6. The first kappa shape index (κ1) is 26.7. The fourth-order valence-corrected chi connectivity index (χ4v) is 5.77. The molecule has 0 saturated carbocycles. The van der Waals surface area contributed by atoms with E-state index in [1.165, 1.54) is 24.4 Å². The summed E-state index contributed by atoms with van der Waals surface area (Å²) in [7, 11) is 0. The molecular weight excluding hydrogens is 507 g/mol. The van der Waals surface area contributed by atoms with Crippen molar-refractivity contribution in [2.24, 2.45) is 5.41 Å². The lowest BCUT2D eigenvalue weighted by atomic mass is 9.72. The molecule has 0 bridgehead atoms. The zero-order valence-electron chi connectivity index (χ0n) is 21.7. The molecule has 0 aliphatic carbocycles. The van der Waals surface area contributed by atoms with Gasteiger partial charge in [0.25, 0.3) is 11.8 Å². The number of carbonyl (C=O) groups is 2. The van der Waals surface area contributed by atoms with Crippen molar-refractivity contribution in [1.82, 2.24) is 14.8 Å². The van der Waals surface area contributed by atoms with Crippen molar-refractivity contribution in [3.63, 3.8) is 0 Å². The molecule has 6 nitrogen and oxygen atoms in total. The first-order valence-corrected chi connectivity index (χ1v) is 13.1. The number of likely N-dealkylation sites (tertiary alicyclic amines) is 2. The van der Waals surface area contributed by atoms with Gasteiger partial charge in [0.05, 0.1) is 16.8 Å². The Morgan fingerprint density at radius 1 is 0.923 bits per heavy atom.